The Labute approximate surface area is 219 Å². The normalized spacial score (nSPS) is 16.4. The van der Waals surface area contributed by atoms with Gasteiger partial charge in [0.2, 0.25) is 0 Å². The van der Waals surface area contributed by atoms with E-state index in [-0.39, 0.29) is 42.3 Å². The Morgan fingerprint density at radius 1 is 1.03 bits per heavy atom. The van der Waals surface area contributed by atoms with Crippen LogP contribution in [0.2, 0.25) is 0 Å². The third-order valence-electron chi connectivity index (χ3n) is 7.15. The van der Waals surface area contributed by atoms with Crippen molar-refractivity contribution in [1.29, 1.82) is 0 Å². The first-order chi connectivity index (χ1) is 17.9. The molecule has 1 heterocycles. The monoisotopic (exact) mass is 527 g/mol. The molecule has 1 aromatic carbocycles. The van der Waals surface area contributed by atoms with Gasteiger partial charge in [-0.1, -0.05) is 31.4 Å². The third kappa shape index (κ3) is 7.84. The highest BCUT2D eigenvalue weighted by atomic mass is 32.2. The third-order valence-corrected chi connectivity index (χ3v) is 8.96. The van der Waals surface area contributed by atoms with Gasteiger partial charge in [-0.05, 0) is 62.6 Å². The first kappa shape index (κ1) is 27.2. The van der Waals surface area contributed by atoms with E-state index in [0.29, 0.717) is 11.7 Å². The highest BCUT2D eigenvalue weighted by Crippen LogP contribution is 2.34. The average molecular weight is 528 g/mol. The number of nitrogens with zero attached hydrogens (tertiary/aromatic N) is 3. The molecule has 9 heteroatoms. The molecule has 0 bridgehead atoms. The van der Waals surface area contributed by atoms with Gasteiger partial charge >= 0.3 is 5.97 Å². The van der Waals surface area contributed by atoms with Crippen molar-refractivity contribution in [3.8, 4) is 0 Å². The van der Waals surface area contributed by atoms with Gasteiger partial charge in [-0.2, -0.15) is 0 Å². The van der Waals surface area contributed by atoms with E-state index < -0.39 is 15.8 Å². The fraction of sp³-hybridized carbons (Fsp3) is 0.571. The number of aromatic nitrogens is 2. The summed E-state index contributed by atoms with van der Waals surface area (Å²) in [6.45, 7) is 2.98. The van der Waals surface area contributed by atoms with Gasteiger partial charge in [0.25, 0.3) is 0 Å². The molecule has 0 spiro atoms. The summed E-state index contributed by atoms with van der Waals surface area (Å²) < 4.78 is 30.0. The fourth-order valence-electron chi connectivity index (χ4n) is 4.91. The van der Waals surface area contributed by atoms with Gasteiger partial charge in [-0.25, -0.2) is 18.4 Å². The molecule has 4 rings (SSSR count). The smallest absolute Gasteiger partial charge is 0.305 e. The number of sulfone groups is 1. The highest BCUT2D eigenvalue weighted by Gasteiger charge is 2.30. The molecule has 0 aliphatic heterocycles. The van der Waals surface area contributed by atoms with Crippen LogP contribution in [-0.4, -0.2) is 55.1 Å². The average Bonchev–Trinajstić information content (AvgIpc) is 3.73. The molecule has 37 heavy (non-hydrogen) atoms. The van der Waals surface area contributed by atoms with Crippen LogP contribution in [0.15, 0.2) is 41.6 Å². The van der Waals surface area contributed by atoms with E-state index in [9.17, 15) is 18.0 Å². The van der Waals surface area contributed by atoms with E-state index in [1.165, 1.54) is 50.6 Å². The van der Waals surface area contributed by atoms with Crippen LogP contribution in [0.1, 0.15) is 80.8 Å². The van der Waals surface area contributed by atoms with Crippen LogP contribution < -0.4 is 4.90 Å². The molecule has 0 amide bonds. The number of rotatable bonds is 13. The number of Topliss-reactive ketones (excluding diaryl/α,β-unsaturated/α-hetero) is 1. The Morgan fingerprint density at radius 3 is 2.43 bits per heavy atom. The lowest BCUT2D eigenvalue weighted by Gasteiger charge is -2.35. The second kappa shape index (κ2) is 12.6. The Morgan fingerprint density at radius 2 is 1.76 bits per heavy atom. The summed E-state index contributed by atoms with van der Waals surface area (Å²) in [5, 5.41) is 0. The SMILES string of the molecule is CCOC(=O)CCCS(=O)(=O)c1ccc(CC(=O)c2cc(N(CC3CC3)C3CCCCC3)ncn2)cc1. The molecule has 0 saturated heterocycles. The Bertz CT molecular complexity index is 1170. The molecule has 8 nitrogen and oxygen atoms in total. The lowest BCUT2D eigenvalue weighted by atomic mass is 9.94. The van der Waals surface area contributed by atoms with Crippen LogP contribution in [0.25, 0.3) is 0 Å². The number of anilines is 1. The highest BCUT2D eigenvalue weighted by molar-refractivity contribution is 7.91. The molecular formula is C28H37N3O5S. The number of carbonyl (C=O) groups is 2. The summed E-state index contributed by atoms with van der Waals surface area (Å²) in [5.74, 6) is 0.904. The molecule has 0 atom stereocenters. The number of esters is 1. The Balaban J connectivity index is 1.38. The predicted molar refractivity (Wildman–Crippen MR) is 141 cm³/mol. The summed E-state index contributed by atoms with van der Waals surface area (Å²) in [6, 6.07) is 8.67. The quantitative estimate of drug-likeness (QED) is 0.275. The molecule has 2 aliphatic carbocycles. The number of ketones is 1. The summed E-state index contributed by atoms with van der Waals surface area (Å²) in [6.07, 6.45) is 10.5. The van der Waals surface area contributed by atoms with Gasteiger partial charge in [0.1, 0.15) is 17.8 Å². The van der Waals surface area contributed by atoms with Crippen molar-refractivity contribution in [1.82, 2.24) is 9.97 Å². The van der Waals surface area contributed by atoms with Crippen LogP contribution in [0, 0.1) is 5.92 Å². The molecule has 2 aliphatic rings. The van der Waals surface area contributed by atoms with Crippen molar-refractivity contribution in [2.75, 3.05) is 23.8 Å². The van der Waals surface area contributed by atoms with Crippen LogP contribution in [0.5, 0.6) is 0 Å². The summed E-state index contributed by atoms with van der Waals surface area (Å²) in [7, 11) is -3.52. The van der Waals surface area contributed by atoms with Crippen LogP contribution >= 0.6 is 0 Å². The van der Waals surface area contributed by atoms with Gasteiger partial charge < -0.3 is 9.64 Å². The minimum Gasteiger partial charge on any atom is -0.466 e. The lowest BCUT2D eigenvalue weighted by molar-refractivity contribution is -0.143. The van der Waals surface area contributed by atoms with Gasteiger partial charge in [0.05, 0.1) is 17.3 Å². The van der Waals surface area contributed by atoms with Gasteiger partial charge in [0, 0.05) is 31.5 Å². The standard InChI is InChI=1S/C28H37N3O5S/c1-2-36-28(33)9-6-16-37(34,35)24-14-12-21(13-15-24)17-26(32)25-18-27(30-20-29-25)31(19-22-10-11-22)23-7-4-3-5-8-23/h12-15,18,20,22-23H,2-11,16-17,19H2,1H3. The minimum atomic E-state index is -3.52. The zero-order chi connectivity index (χ0) is 26.3. The molecule has 0 N–H and O–H groups in total. The Hall–Kier alpha value is -2.81. The number of ether oxygens (including phenoxy) is 1. The maximum atomic E-state index is 13.1. The lowest BCUT2D eigenvalue weighted by Crippen LogP contribution is -2.39. The number of benzene rings is 1. The summed E-state index contributed by atoms with van der Waals surface area (Å²) in [5.41, 5.74) is 1.11. The van der Waals surface area contributed by atoms with Crippen molar-refractivity contribution in [3.63, 3.8) is 0 Å². The van der Waals surface area contributed by atoms with Crippen molar-refractivity contribution in [2.24, 2.45) is 5.92 Å². The molecule has 2 fully saturated rings. The van der Waals surface area contributed by atoms with E-state index in [1.807, 2.05) is 6.07 Å². The van der Waals surface area contributed by atoms with E-state index in [1.54, 1.807) is 19.1 Å². The molecule has 0 unspecified atom stereocenters. The van der Waals surface area contributed by atoms with E-state index in [4.69, 9.17) is 4.74 Å². The molecule has 200 valence electrons. The van der Waals surface area contributed by atoms with Gasteiger partial charge in [0.15, 0.2) is 15.6 Å². The van der Waals surface area contributed by atoms with Crippen molar-refractivity contribution < 1.29 is 22.7 Å². The fourth-order valence-corrected chi connectivity index (χ4v) is 6.22. The molecule has 0 radical (unpaired) electrons. The number of carbonyl (C=O) groups excluding carboxylic acids is 2. The van der Waals surface area contributed by atoms with Gasteiger partial charge in [-0.3, -0.25) is 9.59 Å². The summed E-state index contributed by atoms with van der Waals surface area (Å²) in [4.78, 5) is 35.9. The topological polar surface area (TPSA) is 107 Å². The zero-order valence-corrected chi connectivity index (χ0v) is 22.4. The maximum absolute atomic E-state index is 13.1. The van der Waals surface area contributed by atoms with Crippen LogP contribution in [0.3, 0.4) is 0 Å². The maximum Gasteiger partial charge on any atom is 0.305 e. The van der Waals surface area contributed by atoms with Crippen molar-refractivity contribution in [3.05, 3.63) is 47.9 Å². The molecule has 2 saturated carbocycles. The van der Waals surface area contributed by atoms with Crippen molar-refractivity contribution in [2.45, 2.75) is 82.1 Å². The van der Waals surface area contributed by atoms with E-state index in [2.05, 4.69) is 14.9 Å². The van der Waals surface area contributed by atoms with Crippen LogP contribution in [0.4, 0.5) is 5.82 Å². The van der Waals surface area contributed by atoms with Crippen LogP contribution in [-0.2, 0) is 25.8 Å². The molecule has 1 aromatic heterocycles. The van der Waals surface area contributed by atoms with E-state index in [0.717, 1.165) is 36.7 Å². The minimum absolute atomic E-state index is 0.0689. The van der Waals surface area contributed by atoms with Gasteiger partial charge in [-0.15, -0.1) is 0 Å². The largest absolute Gasteiger partial charge is 0.466 e. The number of hydrogen-bond acceptors (Lipinski definition) is 8. The molecular weight excluding hydrogens is 490 g/mol. The predicted octanol–water partition coefficient (Wildman–Crippen LogP) is 4.57. The van der Waals surface area contributed by atoms with Crippen molar-refractivity contribution >= 4 is 27.4 Å². The zero-order valence-electron chi connectivity index (χ0n) is 21.6. The first-order valence-electron chi connectivity index (χ1n) is 13.4. The summed E-state index contributed by atoms with van der Waals surface area (Å²) >= 11 is 0. The van der Waals surface area contributed by atoms with E-state index >= 15 is 0 Å². The second-order valence-corrected chi connectivity index (χ2v) is 12.2. The first-order valence-corrected chi connectivity index (χ1v) is 15.1. The Kier molecular flexibility index (Phi) is 9.29. The number of hydrogen-bond donors (Lipinski definition) is 0. The second-order valence-electron chi connectivity index (χ2n) is 10.1. The molecule has 2 aromatic rings.